The number of hydrogen-bond donors (Lipinski definition) is 2. The Balaban J connectivity index is 2.03. The number of amides is 1. The first-order valence-electron chi connectivity index (χ1n) is 6.76. The zero-order valence-electron chi connectivity index (χ0n) is 11.3. The van der Waals surface area contributed by atoms with Gasteiger partial charge in [-0.05, 0) is 49.3 Å². The molecule has 1 amide bonds. The summed E-state index contributed by atoms with van der Waals surface area (Å²) in [4.78, 5) is 12.7. The van der Waals surface area contributed by atoms with Crippen LogP contribution in [0.1, 0.15) is 43.5 Å². The second-order valence-corrected chi connectivity index (χ2v) is 6.12. The lowest BCUT2D eigenvalue weighted by Gasteiger charge is -2.32. The first kappa shape index (κ1) is 14.4. The van der Waals surface area contributed by atoms with Crippen molar-refractivity contribution in [3.63, 3.8) is 0 Å². The highest BCUT2D eigenvalue weighted by atomic mass is 32.1. The Morgan fingerprint density at radius 2 is 2.05 bits per heavy atom. The summed E-state index contributed by atoms with van der Waals surface area (Å²) in [5, 5.41) is 2.94. The predicted molar refractivity (Wildman–Crippen MR) is 77.1 cm³/mol. The van der Waals surface area contributed by atoms with Crippen molar-refractivity contribution in [1.29, 1.82) is 0 Å². The summed E-state index contributed by atoms with van der Waals surface area (Å²) in [5.41, 5.74) is 0.0822. The highest BCUT2D eigenvalue weighted by Gasteiger charge is 2.26. The number of carbonyl (C=O) groups excluding carboxylic acids is 1. The van der Waals surface area contributed by atoms with Gasteiger partial charge in [0.05, 0.1) is 5.56 Å². The van der Waals surface area contributed by atoms with Gasteiger partial charge in [-0.15, -0.1) is 12.6 Å². The van der Waals surface area contributed by atoms with Gasteiger partial charge in [-0.3, -0.25) is 4.79 Å². The fourth-order valence-corrected chi connectivity index (χ4v) is 2.83. The first-order chi connectivity index (χ1) is 8.97. The molecule has 19 heavy (non-hydrogen) atoms. The lowest BCUT2D eigenvalue weighted by atomic mass is 9.79. The van der Waals surface area contributed by atoms with Crippen molar-refractivity contribution >= 4 is 18.5 Å². The van der Waals surface area contributed by atoms with Gasteiger partial charge in [-0.25, -0.2) is 4.39 Å². The van der Waals surface area contributed by atoms with Gasteiger partial charge in [0.1, 0.15) is 5.82 Å². The summed E-state index contributed by atoms with van der Waals surface area (Å²) in [7, 11) is 0. The summed E-state index contributed by atoms with van der Waals surface area (Å²) in [6.07, 6.45) is 3.05. The van der Waals surface area contributed by atoms with Crippen LogP contribution in [0.4, 0.5) is 4.39 Å². The van der Waals surface area contributed by atoms with Crippen molar-refractivity contribution in [2.45, 2.75) is 44.0 Å². The van der Waals surface area contributed by atoms with Gasteiger partial charge >= 0.3 is 0 Å². The number of hydrogen-bond acceptors (Lipinski definition) is 2. The molecule has 0 heterocycles. The van der Waals surface area contributed by atoms with Gasteiger partial charge in [0, 0.05) is 10.9 Å². The van der Waals surface area contributed by atoms with E-state index in [4.69, 9.17) is 0 Å². The van der Waals surface area contributed by atoms with Crippen LogP contribution in [-0.2, 0) is 0 Å². The normalized spacial score (nSPS) is 27.1. The maximum absolute atomic E-state index is 13.6. The van der Waals surface area contributed by atoms with Gasteiger partial charge in [0.15, 0.2) is 0 Å². The van der Waals surface area contributed by atoms with E-state index in [1.165, 1.54) is 12.1 Å². The minimum Gasteiger partial charge on any atom is -0.349 e. The van der Waals surface area contributed by atoms with E-state index in [1.54, 1.807) is 6.07 Å². The van der Waals surface area contributed by atoms with Gasteiger partial charge in [0.2, 0.25) is 0 Å². The van der Waals surface area contributed by atoms with Crippen LogP contribution >= 0.6 is 12.6 Å². The molecule has 1 aromatic rings. The molecular weight excluding hydrogens is 261 g/mol. The molecular formula is C15H20FNOS. The number of halogens is 1. The number of benzene rings is 1. The summed E-state index contributed by atoms with van der Waals surface area (Å²) in [6, 6.07) is 4.45. The molecule has 0 aromatic heterocycles. The van der Waals surface area contributed by atoms with Crippen LogP contribution in [0.3, 0.4) is 0 Å². The molecule has 1 aliphatic rings. The van der Waals surface area contributed by atoms with Crippen molar-refractivity contribution in [1.82, 2.24) is 5.32 Å². The SMILES string of the molecule is CC1CCC(NC(=O)c2cc(S)ccc2F)CC1C. The van der Waals surface area contributed by atoms with Gasteiger partial charge in [-0.2, -0.15) is 0 Å². The van der Waals surface area contributed by atoms with Crippen LogP contribution in [0.5, 0.6) is 0 Å². The molecule has 1 aliphatic carbocycles. The van der Waals surface area contributed by atoms with Crippen molar-refractivity contribution in [2.75, 3.05) is 0 Å². The molecule has 2 nitrogen and oxygen atoms in total. The Bertz CT molecular complexity index is 477. The van der Waals surface area contributed by atoms with E-state index in [0.717, 1.165) is 19.3 Å². The van der Waals surface area contributed by atoms with Gasteiger partial charge < -0.3 is 5.32 Å². The highest BCUT2D eigenvalue weighted by molar-refractivity contribution is 7.80. The van der Waals surface area contributed by atoms with E-state index < -0.39 is 5.82 Å². The molecule has 0 bridgehead atoms. The maximum atomic E-state index is 13.6. The number of rotatable bonds is 2. The highest BCUT2D eigenvalue weighted by Crippen LogP contribution is 2.29. The summed E-state index contributed by atoms with van der Waals surface area (Å²) in [5.74, 6) is 0.471. The fraction of sp³-hybridized carbons (Fsp3) is 0.533. The minimum atomic E-state index is -0.493. The van der Waals surface area contributed by atoms with Crippen LogP contribution in [0, 0.1) is 17.7 Å². The molecule has 104 valence electrons. The smallest absolute Gasteiger partial charge is 0.254 e. The average molecular weight is 281 g/mol. The van der Waals surface area contributed by atoms with Crippen molar-refractivity contribution < 1.29 is 9.18 Å². The molecule has 3 unspecified atom stereocenters. The van der Waals surface area contributed by atoms with E-state index in [-0.39, 0.29) is 17.5 Å². The van der Waals surface area contributed by atoms with E-state index in [2.05, 4.69) is 31.8 Å². The molecule has 1 N–H and O–H groups in total. The average Bonchev–Trinajstić information content (AvgIpc) is 2.36. The Morgan fingerprint density at radius 3 is 2.74 bits per heavy atom. The number of thiol groups is 1. The minimum absolute atomic E-state index is 0.0822. The molecule has 1 fully saturated rings. The van der Waals surface area contributed by atoms with Crippen LogP contribution in [0.2, 0.25) is 0 Å². The van der Waals surface area contributed by atoms with Gasteiger partial charge in [0.25, 0.3) is 5.91 Å². The van der Waals surface area contributed by atoms with Crippen LogP contribution in [-0.4, -0.2) is 11.9 Å². The lowest BCUT2D eigenvalue weighted by molar-refractivity contribution is 0.0906. The Morgan fingerprint density at radius 1 is 1.32 bits per heavy atom. The molecule has 1 aromatic carbocycles. The standard InChI is InChI=1S/C15H20FNOS/c1-9-3-4-11(7-10(9)2)17-15(18)13-8-12(19)5-6-14(13)16/h5-6,8-11,19H,3-4,7H2,1-2H3,(H,17,18). The van der Waals surface area contributed by atoms with Crippen LogP contribution in [0.25, 0.3) is 0 Å². The molecule has 0 spiro atoms. The van der Waals surface area contributed by atoms with Crippen molar-refractivity contribution in [3.05, 3.63) is 29.6 Å². The summed E-state index contributed by atoms with van der Waals surface area (Å²) < 4.78 is 13.6. The second kappa shape index (κ2) is 5.95. The summed E-state index contributed by atoms with van der Waals surface area (Å²) in [6.45, 7) is 4.45. The van der Waals surface area contributed by atoms with E-state index >= 15 is 0 Å². The van der Waals surface area contributed by atoms with E-state index in [0.29, 0.717) is 16.7 Å². The zero-order valence-corrected chi connectivity index (χ0v) is 12.2. The molecule has 2 rings (SSSR count). The second-order valence-electron chi connectivity index (χ2n) is 5.60. The lowest BCUT2D eigenvalue weighted by Crippen LogP contribution is -2.40. The number of carbonyl (C=O) groups is 1. The van der Waals surface area contributed by atoms with Crippen molar-refractivity contribution in [2.24, 2.45) is 11.8 Å². The molecule has 0 radical (unpaired) electrons. The Kier molecular flexibility index (Phi) is 4.50. The quantitative estimate of drug-likeness (QED) is 0.796. The first-order valence-corrected chi connectivity index (χ1v) is 7.21. The van der Waals surface area contributed by atoms with Crippen LogP contribution in [0.15, 0.2) is 23.1 Å². The summed E-state index contributed by atoms with van der Waals surface area (Å²) >= 11 is 4.14. The molecule has 0 aliphatic heterocycles. The fourth-order valence-electron chi connectivity index (χ4n) is 2.63. The van der Waals surface area contributed by atoms with E-state index in [1.807, 2.05) is 0 Å². The predicted octanol–water partition coefficient (Wildman–Crippen LogP) is 3.67. The third kappa shape index (κ3) is 3.50. The maximum Gasteiger partial charge on any atom is 0.254 e. The van der Waals surface area contributed by atoms with E-state index in [9.17, 15) is 9.18 Å². The van der Waals surface area contributed by atoms with Crippen LogP contribution < -0.4 is 5.32 Å². The third-order valence-corrected chi connectivity index (χ3v) is 4.41. The zero-order chi connectivity index (χ0) is 14.0. The third-order valence-electron chi connectivity index (χ3n) is 4.13. The molecule has 1 saturated carbocycles. The largest absolute Gasteiger partial charge is 0.349 e. The Labute approximate surface area is 119 Å². The topological polar surface area (TPSA) is 29.1 Å². The molecule has 4 heteroatoms. The molecule has 3 atom stereocenters. The van der Waals surface area contributed by atoms with Crippen molar-refractivity contribution in [3.8, 4) is 0 Å². The van der Waals surface area contributed by atoms with Gasteiger partial charge in [-0.1, -0.05) is 13.8 Å². The molecule has 0 saturated heterocycles. The number of nitrogens with one attached hydrogen (secondary N) is 1. The monoisotopic (exact) mass is 281 g/mol. The Hall–Kier alpha value is -1.03.